The van der Waals surface area contributed by atoms with Gasteiger partial charge in [-0.2, -0.15) is 0 Å². The van der Waals surface area contributed by atoms with Gasteiger partial charge in [0.25, 0.3) is 0 Å². The van der Waals surface area contributed by atoms with Crippen LogP contribution in [-0.2, 0) is 22.6 Å². The monoisotopic (exact) mass is 464 g/mol. The number of hydrogen-bond acceptors (Lipinski definition) is 3. The van der Waals surface area contributed by atoms with Gasteiger partial charge in [-0.25, -0.2) is 0 Å². The van der Waals surface area contributed by atoms with Gasteiger partial charge in [0.05, 0.1) is 13.5 Å². The molecule has 7 heteroatoms. The summed E-state index contributed by atoms with van der Waals surface area (Å²) in [5.74, 6) is 0.358. The molecular formula is C24H30Cl2N2O3. The van der Waals surface area contributed by atoms with Crippen LogP contribution in [0.1, 0.15) is 44.7 Å². The van der Waals surface area contributed by atoms with E-state index in [1.165, 1.54) is 0 Å². The van der Waals surface area contributed by atoms with Crippen LogP contribution in [0, 0.1) is 0 Å². The second-order valence-corrected chi connectivity index (χ2v) is 8.37. The number of amides is 2. The first kappa shape index (κ1) is 25.0. The first-order valence-electron chi connectivity index (χ1n) is 10.5. The Hall–Kier alpha value is -2.24. The van der Waals surface area contributed by atoms with Crippen molar-refractivity contribution in [3.63, 3.8) is 0 Å². The molecule has 5 nitrogen and oxygen atoms in total. The Kier molecular flexibility index (Phi) is 9.66. The molecule has 2 aromatic carbocycles. The summed E-state index contributed by atoms with van der Waals surface area (Å²) in [6, 6.07) is 12.0. The molecule has 2 aromatic rings. The quantitative estimate of drug-likeness (QED) is 0.520. The largest absolute Gasteiger partial charge is 0.497 e. The van der Waals surface area contributed by atoms with Crippen LogP contribution in [0.3, 0.4) is 0 Å². The Morgan fingerprint density at radius 3 is 2.45 bits per heavy atom. The number of benzene rings is 2. The van der Waals surface area contributed by atoms with Gasteiger partial charge in [-0.1, -0.05) is 55.2 Å². The van der Waals surface area contributed by atoms with Crippen LogP contribution >= 0.6 is 23.2 Å². The first-order chi connectivity index (χ1) is 14.8. The number of nitrogens with one attached hydrogen (secondary N) is 1. The predicted octanol–water partition coefficient (Wildman–Crippen LogP) is 5.27. The van der Waals surface area contributed by atoms with Gasteiger partial charge < -0.3 is 15.0 Å². The molecule has 0 aliphatic heterocycles. The van der Waals surface area contributed by atoms with Gasteiger partial charge in [-0.05, 0) is 55.2 Å². The average molecular weight is 465 g/mol. The van der Waals surface area contributed by atoms with Crippen molar-refractivity contribution in [3.05, 3.63) is 63.6 Å². The van der Waals surface area contributed by atoms with Crippen molar-refractivity contribution < 1.29 is 14.3 Å². The number of halogens is 2. The maximum atomic E-state index is 13.4. The fourth-order valence-corrected chi connectivity index (χ4v) is 3.73. The number of carbonyl (C=O) groups is 2. The van der Waals surface area contributed by atoms with Gasteiger partial charge >= 0.3 is 0 Å². The average Bonchev–Trinajstić information content (AvgIpc) is 2.75. The summed E-state index contributed by atoms with van der Waals surface area (Å²) in [6.07, 6.45) is 1.38. The van der Waals surface area contributed by atoms with E-state index >= 15 is 0 Å². The normalized spacial score (nSPS) is 12.7. The van der Waals surface area contributed by atoms with E-state index in [0.717, 1.165) is 12.0 Å². The van der Waals surface area contributed by atoms with Crippen molar-refractivity contribution in [1.82, 2.24) is 10.2 Å². The van der Waals surface area contributed by atoms with Crippen molar-refractivity contribution in [1.29, 1.82) is 0 Å². The lowest BCUT2D eigenvalue weighted by Gasteiger charge is -2.31. The molecule has 0 unspecified atom stereocenters. The van der Waals surface area contributed by atoms with Crippen molar-refractivity contribution in [2.75, 3.05) is 7.11 Å². The maximum Gasteiger partial charge on any atom is 0.243 e. The number of carbonyl (C=O) groups excluding carboxylic acids is 2. The molecule has 2 rings (SSSR count). The number of methoxy groups -OCH3 is 1. The highest BCUT2D eigenvalue weighted by Crippen LogP contribution is 2.23. The molecule has 0 heterocycles. The molecule has 1 N–H and O–H groups in total. The highest BCUT2D eigenvalue weighted by molar-refractivity contribution is 6.35. The zero-order valence-corrected chi connectivity index (χ0v) is 20.0. The Morgan fingerprint density at radius 1 is 1.10 bits per heavy atom. The summed E-state index contributed by atoms with van der Waals surface area (Å²) in [5, 5.41) is 3.94. The standard InChI is InChI=1S/C24H30Cl2N2O3/c1-5-16(3)27-24(30)22(6-2)28(15-17-8-7-9-20(12-17)31-4)23(29)13-18-10-11-19(25)14-21(18)26/h7-12,14,16,22H,5-6,13,15H2,1-4H3,(H,27,30)/t16-,22-/m1/s1. The molecule has 0 bridgehead atoms. The molecule has 0 aliphatic rings. The van der Waals surface area contributed by atoms with Gasteiger partial charge in [0.2, 0.25) is 11.8 Å². The Morgan fingerprint density at radius 2 is 1.84 bits per heavy atom. The summed E-state index contributed by atoms with van der Waals surface area (Å²) < 4.78 is 5.31. The molecule has 0 saturated carbocycles. The molecule has 0 fully saturated rings. The minimum atomic E-state index is -0.598. The third-order valence-corrected chi connectivity index (χ3v) is 5.82. The van der Waals surface area contributed by atoms with Gasteiger partial charge in [-0.3, -0.25) is 9.59 Å². The third kappa shape index (κ3) is 7.15. The van der Waals surface area contributed by atoms with Gasteiger partial charge in [0.15, 0.2) is 0 Å². The number of ether oxygens (including phenoxy) is 1. The topological polar surface area (TPSA) is 58.6 Å². The second kappa shape index (κ2) is 12.0. The number of hydrogen-bond donors (Lipinski definition) is 1. The van der Waals surface area contributed by atoms with Gasteiger partial charge in [0.1, 0.15) is 11.8 Å². The summed E-state index contributed by atoms with van der Waals surface area (Å²) in [5.41, 5.74) is 1.55. The lowest BCUT2D eigenvalue weighted by atomic mass is 10.1. The lowest BCUT2D eigenvalue weighted by molar-refractivity contribution is -0.141. The van der Waals surface area contributed by atoms with Crippen LogP contribution in [0.15, 0.2) is 42.5 Å². The van der Waals surface area contributed by atoms with Crippen molar-refractivity contribution in [2.45, 2.75) is 58.7 Å². The van der Waals surface area contributed by atoms with Crippen molar-refractivity contribution >= 4 is 35.0 Å². The third-order valence-electron chi connectivity index (χ3n) is 5.23. The van der Waals surface area contributed by atoms with Crippen LogP contribution in [-0.4, -0.2) is 35.9 Å². The minimum absolute atomic E-state index is 0.0287. The number of nitrogens with zero attached hydrogens (tertiary/aromatic N) is 1. The Balaban J connectivity index is 2.34. The van der Waals surface area contributed by atoms with Crippen LogP contribution in [0.4, 0.5) is 0 Å². The van der Waals surface area contributed by atoms with E-state index in [0.29, 0.717) is 27.8 Å². The van der Waals surface area contributed by atoms with E-state index in [1.54, 1.807) is 30.2 Å². The first-order valence-corrected chi connectivity index (χ1v) is 11.2. The molecule has 0 radical (unpaired) electrons. The fourth-order valence-electron chi connectivity index (χ4n) is 3.26. The zero-order chi connectivity index (χ0) is 23.0. The maximum absolute atomic E-state index is 13.4. The summed E-state index contributed by atoms with van der Waals surface area (Å²) in [4.78, 5) is 28.0. The van der Waals surface area contributed by atoms with E-state index in [2.05, 4.69) is 5.32 Å². The molecule has 0 saturated heterocycles. The van der Waals surface area contributed by atoms with Crippen LogP contribution in [0.2, 0.25) is 10.0 Å². The fraction of sp³-hybridized carbons (Fsp3) is 0.417. The van der Waals surface area contributed by atoms with Gasteiger partial charge in [-0.15, -0.1) is 0 Å². The predicted molar refractivity (Wildman–Crippen MR) is 126 cm³/mol. The van der Waals surface area contributed by atoms with Crippen molar-refractivity contribution in [3.8, 4) is 5.75 Å². The number of rotatable bonds is 10. The van der Waals surface area contributed by atoms with E-state index in [-0.39, 0.29) is 30.8 Å². The van der Waals surface area contributed by atoms with E-state index < -0.39 is 6.04 Å². The molecule has 0 spiro atoms. The zero-order valence-electron chi connectivity index (χ0n) is 18.5. The summed E-state index contributed by atoms with van der Waals surface area (Å²) in [6.45, 7) is 6.15. The van der Waals surface area contributed by atoms with E-state index in [1.807, 2.05) is 45.0 Å². The molecule has 31 heavy (non-hydrogen) atoms. The highest BCUT2D eigenvalue weighted by atomic mass is 35.5. The molecule has 168 valence electrons. The van der Waals surface area contributed by atoms with Gasteiger partial charge in [0, 0.05) is 22.6 Å². The Bertz CT molecular complexity index is 904. The Labute approximate surface area is 194 Å². The smallest absolute Gasteiger partial charge is 0.243 e. The second-order valence-electron chi connectivity index (χ2n) is 7.53. The van der Waals surface area contributed by atoms with Crippen LogP contribution in [0.5, 0.6) is 5.75 Å². The molecule has 2 amide bonds. The molecule has 0 aliphatic carbocycles. The van der Waals surface area contributed by atoms with Crippen LogP contribution < -0.4 is 10.1 Å². The molecule has 0 aromatic heterocycles. The molecular weight excluding hydrogens is 435 g/mol. The van der Waals surface area contributed by atoms with Crippen molar-refractivity contribution in [2.24, 2.45) is 0 Å². The van der Waals surface area contributed by atoms with Crippen LogP contribution in [0.25, 0.3) is 0 Å². The SMILES string of the molecule is CC[C@@H](C)NC(=O)[C@@H](CC)N(Cc1cccc(OC)c1)C(=O)Cc1ccc(Cl)cc1Cl. The summed E-state index contributed by atoms with van der Waals surface area (Å²) >= 11 is 12.3. The minimum Gasteiger partial charge on any atom is -0.497 e. The van der Waals surface area contributed by atoms with E-state index in [9.17, 15) is 9.59 Å². The lowest BCUT2D eigenvalue weighted by Crippen LogP contribution is -2.51. The molecule has 2 atom stereocenters. The highest BCUT2D eigenvalue weighted by Gasteiger charge is 2.29. The van der Waals surface area contributed by atoms with E-state index in [4.69, 9.17) is 27.9 Å². The summed E-state index contributed by atoms with van der Waals surface area (Å²) in [7, 11) is 1.60.